The van der Waals surface area contributed by atoms with Crippen LogP contribution >= 0.6 is 0 Å². The van der Waals surface area contributed by atoms with E-state index in [4.69, 9.17) is 0 Å². The van der Waals surface area contributed by atoms with Crippen LogP contribution < -0.4 is 5.32 Å². The quantitative estimate of drug-likeness (QED) is 0.129. The van der Waals surface area contributed by atoms with E-state index in [0.29, 0.717) is 6.42 Å². The standard InChI is InChI=1S/C27H51NO3/c1-4-6-7-8-9-10-11-12-13-14-15-16-17-18-19-20-21-22-25(29)23-28-26(27(30)31)24(3)5-2/h14-15,24,26,28H,4-13,16-23H2,1-3H3,(H,30,31)/b15-14-. The fourth-order valence-electron chi connectivity index (χ4n) is 3.83. The average Bonchev–Trinajstić information content (AvgIpc) is 2.75. The Kier molecular flexibility index (Phi) is 21.2. The summed E-state index contributed by atoms with van der Waals surface area (Å²) < 4.78 is 0. The van der Waals surface area contributed by atoms with E-state index in [1.807, 2.05) is 13.8 Å². The highest BCUT2D eigenvalue weighted by molar-refractivity contribution is 5.81. The maximum absolute atomic E-state index is 12.0. The van der Waals surface area contributed by atoms with Gasteiger partial charge >= 0.3 is 5.97 Å². The van der Waals surface area contributed by atoms with Crippen LogP contribution in [0.2, 0.25) is 0 Å². The molecule has 0 aromatic rings. The summed E-state index contributed by atoms with van der Waals surface area (Å²) in [4.78, 5) is 23.2. The Morgan fingerprint density at radius 3 is 1.74 bits per heavy atom. The summed E-state index contributed by atoms with van der Waals surface area (Å²) in [6.45, 7) is 6.31. The van der Waals surface area contributed by atoms with Gasteiger partial charge in [-0.3, -0.25) is 14.9 Å². The molecule has 0 fully saturated rings. The topological polar surface area (TPSA) is 66.4 Å². The third-order valence-electron chi connectivity index (χ3n) is 6.22. The van der Waals surface area contributed by atoms with E-state index in [2.05, 4.69) is 24.4 Å². The maximum Gasteiger partial charge on any atom is 0.320 e. The Hall–Kier alpha value is -1.16. The molecule has 0 radical (unpaired) electrons. The Morgan fingerprint density at radius 2 is 1.26 bits per heavy atom. The number of Topliss-reactive ketones (excluding diaryl/α,β-unsaturated/α-hetero) is 1. The molecule has 2 atom stereocenters. The van der Waals surface area contributed by atoms with Crippen molar-refractivity contribution in [1.82, 2.24) is 5.32 Å². The van der Waals surface area contributed by atoms with Gasteiger partial charge in [-0.25, -0.2) is 0 Å². The molecule has 0 rings (SSSR count). The minimum absolute atomic E-state index is 0.0275. The highest BCUT2D eigenvalue weighted by atomic mass is 16.4. The number of hydrogen-bond acceptors (Lipinski definition) is 3. The van der Waals surface area contributed by atoms with Gasteiger partial charge in [0, 0.05) is 6.42 Å². The average molecular weight is 438 g/mol. The van der Waals surface area contributed by atoms with Gasteiger partial charge in [0.05, 0.1) is 6.54 Å². The molecular formula is C27H51NO3. The Morgan fingerprint density at radius 1 is 0.774 bits per heavy atom. The predicted molar refractivity (Wildman–Crippen MR) is 133 cm³/mol. The van der Waals surface area contributed by atoms with Crippen LogP contribution in [0.3, 0.4) is 0 Å². The molecule has 182 valence electrons. The van der Waals surface area contributed by atoms with Gasteiger partial charge in [0.2, 0.25) is 0 Å². The van der Waals surface area contributed by atoms with Crippen LogP contribution in [0.1, 0.15) is 130 Å². The molecule has 0 aliphatic rings. The smallest absolute Gasteiger partial charge is 0.320 e. The first-order valence-corrected chi connectivity index (χ1v) is 13.2. The zero-order valence-corrected chi connectivity index (χ0v) is 20.8. The Labute approximate surface area is 192 Å². The summed E-state index contributed by atoms with van der Waals surface area (Å²) in [6.07, 6.45) is 25.1. The number of carboxylic acids is 1. The lowest BCUT2D eigenvalue weighted by Crippen LogP contribution is -2.44. The molecule has 4 heteroatoms. The first-order valence-electron chi connectivity index (χ1n) is 13.2. The third kappa shape index (κ3) is 19.3. The van der Waals surface area contributed by atoms with Gasteiger partial charge in [-0.15, -0.1) is 0 Å². The van der Waals surface area contributed by atoms with E-state index in [9.17, 15) is 14.7 Å². The maximum atomic E-state index is 12.0. The summed E-state index contributed by atoms with van der Waals surface area (Å²) in [7, 11) is 0. The highest BCUT2D eigenvalue weighted by Gasteiger charge is 2.23. The molecule has 31 heavy (non-hydrogen) atoms. The molecule has 0 bridgehead atoms. The second-order valence-electron chi connectivity index (χ2n) is 9.16. The van der Waals surface area contributed by atoms with Gasteiger partial charge in [0.1, 0.15) is 11.8 Å². The second kappa shape index (κ2) is 22.0. The van der Waals surface area contributed by atoms with Crippen molar-refractivity contribution in [3.63, 3.8) is 0 Å². The number of carbonyl (C=O) groups excluding carboxylic acids is 1. The molecule has 0 heterocycles. The van der Waals surface area contributed by atoms with Crippen molar-refractivity contribution in [2.24, 2.45) is 5.92 Å². The number of aliphatic carboxylic acids is 1. The van der Waals surface area contributed by atoms with E-state index in [1.54, 1.807) is 0 Å². The number of rotatable bonds is 23. The van der Waals surface area contributed by atoms with Gasteiger partial charge < -0.3 is 5.11 Å². The van der Waals surface area contributed by atoms with Crippen molar-refractivity contribution in [1.29, 1.82) is 0 Å². The highest BCUT2D eigenvalue weighted by Crippen LogP contribution is 2.11. The Balaban J connectivity index is 3.46. The molecule has 0 saturated heterocycles. The van der Waals surface area contributed by atoms with Gasteiger partial charge in [-0.2, -0.15) is 0 Å². The minimum atomic E-state index is -0.867. The molecule has 4 nitrogen and oxygen atoms in total. The molecule has 0 aromatic heterocycles. The SMILES string of the molecule is CCCCCCCCCC/C=C\CCCCCCCC(=O)CNC(C(=O)O)C(C)CC. The molecule has 2 unspecified atom stereocenters. The minimum Gasteiger partial charge on any atom is -0.480 e. The van der Waals surface area contributed by atoms with E-state index < -0.39 is 12.0 Å². The number of carbonyl (C=O) groups is 2. The van der Waals surface area contributed by atoms with Gasteiger partial charge in [0.15, 0.2) is 0 Å². The first kappa shape index (κ1) is 29.8. The van der Waals surface area contributed by atoms with Crippen LogP contribution in [0.15, 0.2) is 12.2 Å². The normalized spacial score (nSPS) is 13.5. The van der Waals surface area contributed by atoms with Gasteiger partial charge in [-0.05, 0) is 38.0 Å². The van der Waals surface area contributed by atoms with Crippen molar-refractivity contribution in [3.05, 3.63) is 12.2 Å². The molecule has 0 aliphatic heterocycles. The largest absolute Gasteiger partial charge is 0.480 e. The van der Waals surface area contributed by atoms with Crippen LogP contribution in [0.4, 0.5) is 0 Å². The first-order chi connectivity index (χ1) is 15.0. The summed E-state index contributed by atoms with van der Waals surface area (Å²) in [5.41, 5.74) is 0. The summed E-state index contributed by atoms with van der Waals surface area (Å²) in [6, 6.07) is -0.627. The fraction of sp³-hybridized carbons (Fsp3) is 0.852. The zero-order valence-electron chi connectivity index (χ0n) is 20.8. The number of unbranched alkanes of at least 4 members (excludes halogenated alkanes) is 13. The van der Waals surface area contributed by atoms with E-state index >= 15 is 0 Å². The molecule has 0 saturated carbocycles. The van der Waals surface area contributed by atoms with Crippen molar-refractivity contribution >= 4 is 11.8 Å². The van der Waals surface area contributed by atoms with E-state index in [-0.39, 0.29) is 18.2 Å². The van der Waals surface area contributed by atoms with Gasteiger partial charge in [-0.1, -0.05) is 104 Å². The van der Waals surface area contributed by atoms with Gasteiger partial charge in [0.25, 0.3) is 0 Å². The molecular weight excluding hydrogens is 386 g/mol. The number of ketones is 1. The number of carboxylic acid groups (broad SMARTS) is 1. The van der Waals surface area contributed by atoms with E-state index in [0.717, 1.165) is 19.3 Å². The van der Waals surface area contributed by atoms with Crippen LogP contribution in [0.25, 0.3) is 0 Å². The third-order valence-corrected chi connectivity index (χ3v) is 6.22. The van der Waals surface area contributed by atoms with Crippen molar-refractivity contribution < 1.29 is 14.7 Å². The lowest BCUT2D eigenvalue weighted by molar-refractivity contribution is -0.140. The summed E-state index contributed by atoms with van der Waals surface area (Å²) in [5.74, 6) is -0.716. The molecule has 0 spiro atoms. The lowest BCUT2D eigenvalue weighted by Gasteiger charge is -2.19. The summed E-state index contributed by atoms with van der Waals surface area (Å²) in [5, 5.41) is 12.2. The van der Waals surface area contributed by atoms with Crippen molar-refractivity contribution in [2.45, 2.75) is 136 Å². The molecule has 0 aliphatic carbocycles. The van der Waals surface area contributed by atoms with Crippen LogP contribution in [0, 0.1) is 5.92 Å². The number of nitrogens with one attached hydrogen (secondary N) is 1. The molecule has 2 N–H and O–H groups in total. The second-order valence-corrected chi connectivity index (χ2v) is 9.16. The van der Waals surface area contributed by atoms with Crippen LogP contribution in [-0.2, 0) is 9.59 Å². The predicted octanol–water partition coefficient (Wildman–Crippen LogP) is 7.46. The fourth-order valence-corrected chi connectivity index (χ4v) is 3.83. The molecule has 0 aromatic carbocycles. The lowest BCUT2D eigenvalue weighted by atomic mass is 9.99. The van der Waals surface area contributed by atoms with Crippen LogP contribution in [0.5, 0.6) is 0 Å². The van der Waals surface area contributed by atoms with Crippen LogP contribution in [-0.4, -0.2) is 29.4 Å². The van der Waals surface area contributed by atoms with Crippen molar-refractivity contribution in [3.8, 4) is 0 Å². The number of hydrogen-bond donors (Lipinski definition) is 2. The molecule has 0 amide bonds. The summed E-state index contributed by atoms with van der Waals surface area (Å²) >= 11 is 0. The zero-order chi connectivity index (χ0) is 23.2. The van der Waals surface area contributed by atoms with E-state index in [1.165, 1.54) is 83.5 Å². The van der Waals surface area contributed by atoms with Crippen molar-refractivity contribution in [2.75, 3.05) is 6.54 Å². The monoisotopic (exact) mass is 437 g/mol. The Bertz CT molecular complexity index is 461. The number of allylic oxidation sites excluding steroid dienone is 2.